The van der Waals surface area contributed by atoms with E-state index in [1.165, 1.54) is 0 Å². The lowest BCUT2D eigenvalue weighted by Gasteiger charge is -2.44. The zero-order chi connectivity index (χ0) is 13.1. The van der Waals surface area contributed by atoms with Crippen LogP contribution in [0.4, 0.5) is 0 Å². The first-order chi connectivity index (χ1) is 8.61. The van der Waals surface area contributed by atoms with Gasteiger partial charge < -0.3 is 15.3 Å². The Morgan fingerprint density at radius 1 is 1.33 bits per heavy atom. The Morgan fingerprint density at radius 2 is 2.06 bits per heavy atom. The smallest absolute Gasteiger partial charge is 0.240 e. The molecule has 0 aromatic heterocycles. The molecular weight excluding hydrogens is 230 g/mol. The van der Waals surface area contributed by atoms with Gasteiger partial charge in [0.1, 0.15) is 6.04 Å². The molecular formula is C13H25N3O2. The Labute approximate surface area is 109 Å². The first-order valence-electron chi connectivity index (χ1n) is 6.97. The molecule has 2 rings (SSSR count). The van der Waals surface area contributed by atoms with Gasteiger partial charge in [0.15, 0.2) is 0 Å². The molecule has 1 saturated carbocycles. The second-order valence-electron chi connectivity index (χ2n) is 5.61. The summed E-state index contributed by atoms with van der Waals surface area (Å²) in [7, 11) is 3.60. The van der Waals surface area contributed by atoms with E-state index in [0.717, 1.165) is 38.8 Å². The van der Waals surface area contributed by atoms with E-state index in [4.69, 9.17) is 0 Å². The van der Waals surface area contributed by atoms with Gasteiger partial charge in [0, 0.05) is 39.8 Å². The predicted molar refractivity (Wildman–Crippen MR) is 70.3 cm³/mol. The molecule has 3 unspecified atom stereocenters. The van der Waals surface area contributed by atoms with Crippen molar-refractivity contribution in [1.82, 2.24) is 15.1 Å². The molecule has 2 fully saturated rings. The van der Waals surface area contributed by atoms with Crippen LogP contribution >= 0.6 is 0 Å². The monoisotopic (exact) mass is 255 g/mol. The van der Waals surface area contributed by atoms with E-state index in [1.807, 2.05) is 0 Å². The number of piperazine rings is 1. The summed E-state index contributed by atoms with van der Waals surface area (Å²) in [6.45, 7) is 2.45. The van der Waals surface area contributed by atoms with Crippen molar-refractivity contribution in [1.29, 1.82) is 0 Å². The Morgan fingerprint density at radius 3 is 2.72 bits per heavy atom. The number of nitrogens with zero attached hydrogens (tertiary/aromatic N) is 2. The minimum Gasteiger partial charge on any atom is -0.391 e. The minimum absolute atomic E-state index is 0.119. The molecule has 0 spiro atoms. The van der Waals surface area contributed by atoms with E-state index >= 15 is 0 Å². The summed E-state index contributed by atoms with van der Waals surface area (Å²) >= 11 is 0. The van der Waals surface area contributed by atoms with Gasteiger partial charge in [0.25, 0.3) is 0 Å². The summed E-state index contributed by atoms with van der Waals surface area (Å²) in [5.74, 6) is 0.139. The maximum Gasteiger partial charge on any atom is 0.240 e. The summed E-state index contributed by atoms with van der Waals surface area (Å²) in [5, 5.41) is 13.5. The number of carbonyl (C=O) groups excluding carboxylic acids is 1. The molecule has 104 valence electrons. The molecule has 3 atom stereocenters. The topological polar surface area (TPSA) is 55.8 Å². The van der Waals surface area contributed by atoms with Gasteiger partial charge in [0.2, 0.25) is 5.91 Å². The van der Waals surface area contributed by atoms with E-state index < -0.39 is 0 Å². The van der Waals surface area contributed by atoms with Gasteiger partial charge in [-0.05, 0) is 12.8 Å². The van der Waals surface area contributed by atoms with Crippen LogP contribution < -0.4 is 5.32 Å². The second kappa shape index (κ2) is 5.99. The molecule has 1 amide bonds. The molecule has 0 aromatic carbocycles. The third kappa shape index (κ3) is 2.84. The molecule has 1 aliphatic heterocycles. The van der Waals surface area contributed by atoms with Gasteiger partial charge in [0.05, 0.1) is 6.10 Å². The molecule has 18 heavy (non-hydrogen) atoms. The molecule has 0 aromatic rings. The molecule has 5 heteroatoms. The number of aliphatic hydroxyl groups is 1. The van der Waals surface area contributed by atoms with Gasteiger partial charge in [-0.3, -0.25) is 9.69 Å². The number of nitrogens with one attached hydrogen (secondary N) is 1. The molecule has 1 aliphatic carbocycles. The lowest BCUT2D eigenvalue weighted by atomic mass is 9.89. The van der Waals surface area contributed by atoms with Crippen LogP contribution in [-0.4, -0.2) is 72.7 Å². The largest absolute Gasteiger partial charge is 0.391 e. The van der Waals surface area contributed by atoms with E-state index in [-0.39, 0.29) is 24.1 Å². The van der Waals surface area contributed by atoms with Gasteiger partial charge in [-0.15, -0.1) is 0 Å². The van der Waals surface area contributed by atoms with E-state index in [9.17, 15) is 9.90 Å². The van der Waals surface area contributed by atoms with Crippen LogP contribution in [0.5, 0.6) is 0 Å². The summed E-state index contributed by atoms with van der Waals surface area (Å²) in [4.78, 5) is 16.1. The summed E-state index contributed by atoms with van der Waals surface area (Å²) in [6, 6.07) is 0.0428. The van der Waals surface area contributed by atoms with Crippen molar-refractivity contribution in [2.45, 2.75) is 43.9 Å². The van der Waals surface area contributed by atoms with Crippen molar-refractivity contribution in [3.05, 3.63) is 0 Å². The molecule has 2 N–H and O–H groups in total. The summed E-state index contributed by atoms with van der Waals surface area (Å²) in [5.41, 5.74) is 0. The quantitative estimate of drug-likeness (QED) is 0.708. The van der Waals surface area contributed by atoms with Crippen LogP contribution in [0.3, 0.4) is 0 Å². The van der Waals surface area contributed by atoms with Crippen molar-refractivity contribution in [2.24, 2.45) is 0 Å². The molecule has 0 radical (unpaired) electrons. The molecule has 5 nitrogen and oxygen atoms in total. The van der Waals surface area contributed by atoms with Crippen LogP contribution in [0.1, 0.15) is 25.7 Å². The number of carbonyl (C=O) groups is 1. The van der Waals surface area contributed by atoms with Crippen LogP contribution in [0.25, 0.3) is 0 Å². The van der Waals surface area contributed by atoms with Gasteiger partial charge >= 0.3 is 0 Å². The van der Waals surface area contributed by atoms with Crippen molar-refractivity contribution in [3.63, 3.8) is 0 Å². The lowest BCUT2D eigenvalue weighted by Crippen LogP contribution is -2.63. The van der Waals surface area contributed by atoms with Gasteiger partial charge in [-0.1, -0.05) is 12.8 Å². The van der Waals surface area contributed by atoms with Crippen LogP contribution in [0, 0.1) is 0 Å². The van der Waals surface area contributed by atoms with E-state index in [1.54, 1.807) is 19.0 Å². The summed E-state index contributed by atoms with van der Waals surface area (Å²) in [6.07, 6.45) is 3.88. The molecule has 2 aliphatic rings. The zero-order valence-corrected chi connectivity index (χ0v) is 11.4. The van der Waals surface area contributed by atoms with Crippen molar-refractivity contribution in [2.75, 3.05) is 33.7 Å². The fraction of sp³-hybridized carbons (Fsp3) is 0.923. The fourth-order valence-electron chi connectivity index (χ4n) is 3.12. The highest BCUT2D eigenvalue weighted by atomic mass is 16.3. The van der Waals surface area contributed by atoms with E-state index in [0.29, 0.717) is 6.54 Å². The van der Waals surface area contributed by atoms with Crippen LogP contribution in [-0.2, 0) is 4.79 Å². The molecule has 1 saturated heterocycles. The number of hydrogen-bond acceptors (Lipinski definition) is 4. The first kappa shape index (κ1) is 13.8. The third-order valence-corrected chi connectivity index (χ3v) is 4.13. The van der Waals surface area contributed by atoms with Crippen LogP contribution in [0.2, 0.25) is 0 Å². The Balaban J connectivity index is 2.09. The number of hydrogen-bond donors (Lipinski definition) is 2. The Bertz CT molecular complexity index is 296. The highest BCUT2D eigenvalue weighted by molar-refractivity contribution is 5.81. The maximum atomic E-state index is 12.2. The third-order valence-electron chi connectivity index (χ3n) is 4.13. The standard InChI is InChI=1S/C13H25N3O2/c1-15(2)13(18)11-9-14-7-8-16(11)10-5-3-4-6-12(10)17/h10-12,14,17H,3-9H2,1-2H3. The molecule has 0 bridgehead atoms. The van der Waals surface area contributed by atoms with Gasteiger partial charge in [-0.2, -0.15) is 0 Å². The number of aliphatic hydroxyl groups excluding tert-OH is 1. The highest BCUT2D eigenvalue weighted by Crippen LogP contribution is 2.25. The van der Waals surface area contributed by atoms with Crippen molar-refractivity contribution in [3.8, 4) is 0 Å². The maximum absolute atomic E-state index is 12.2. The number of rotatable bonds is 2. The average molecular weight is 255 g/mol. The summed E-state index contributed by atoms with van der Waals surface area (Å²) < 4.78 is 0. The number of amides is 1. The lowest BCUT2D eigenvalue weighted by molar-refractivity contribution is -0.138. The normalized spacial score (nSPS) is 34.3. The number of likely N-dealkylation sites (N-methyl/N-ethyl adjacent to an activating group) is 1. The second-order valence-corrected chi connectivity index (χ2v) is 5.61. The zero-order valence-electron chi connectivity index (χ0n) is 11.4. The fourth-order valence-corrected chi connectivity index (χ4v) is 3.12. The Hall–Kier alpha value is -0.650. The van der Waals surface area contributed by atoms with E-state index in [2.05, 4.69) is 10.2 Å². The SMILES string of the molecule is CN(C)C(=O)C1CNCCN1C1CCCCC1O. The van der Waals surface area contributed by atoms with Crippen LogP contribution in [0.15, 0.2) is 0 Å². The Kier molecular flexibility index (Phi) is 4.59. The molecule has 1 heterocycles. The first-order valence-corrected chi connectivity index (χ1v) is 6.97. The highest BCUT2D eigenvalue weighted by Gasteiger charge is 2.38. The predicted octanol–water partition coefficient (Wildman–Crippen LogP) is -0.348. The van der Waals surface area contributed by atoms with Gasteiger partial charge in [-0.25, -0.2) is 0 Å². The van der Waals surface area contributed by atoms with Crippen molar-refractivity contribution < 1.29 is 9.90 Å². The minimum atomic E-state index is -0.269. The van der Waals surface area contributed by atoms with Crippen molar-refractivity contribution >= 4 is 5.91 Å². The average Bonchev–Trinajstić information content (AvgIpc) is 2.38.